The highest BCUT2D eigenvalue weighted by atomic mass is 16.4. The van der Waals surface area contributed by atoms with Crippen molar-refractivity contribution in [1.82, 2.24) is 4.90 Å². The Kier molecular flexibility index (Phi) is 1.65. The Morgan fingerprint density at radius 3 is 2.67 bits per heavy atom. The van der Waals surface area contributed by atoms with Gasteiger partial charge in [-0.25, -0.2) is 0 Å². The fourth-order valence-electron chi connectivity index (χ4n) is 2.14. The lowest BCUT2D eigenvalue weighted by Crippen LogP contribution is -2.45. The SMILES string of the molecule is CN1CCC2(CC2)CC1C(=O)O. The lowest BCUT2D eigenvalue weighted by molar-refractivity contribution is -0.145. The van der Waals surface area contributed by atoms with E-state index < -0.39 is 5.97 Å². The highest BCUT2D eigenvalue weighted by Gasteiger charge is 2.48. The lowest BCUT2D eigenvalue weighted by atomic mass is 9.88. The van der Waals surface area contributed by atoms with Crippen LogP contribution in [0.3, 0.4) is 0 Å². The van der Waals surface area contributed by atoms with E-state index in [-0.39, 0.29) is 6.04 Å². The molecule has 1 N–H and O–H groups in total. The molecule has 68 valence electrons. The second-order valence-corrected chi connectivity index (χ2v) is 4.29. The van der Waals surface area contributed by atoms with Crippen molar-refractivity contribution in [1.29, 1.82) is 0 Å². The number of piperidine rings is 1. The number of carboxylic acid groups (broad SMARTS) is 1. The van der Waals surface area contributed by atoms with Crippen LogP contribution < -0.4 is 0 Å². The fraction of sp³-hybridized carbons (Fsp3) is 0.889. The molecular formula is C9H15NO2. The largest absolute Gasteiger partial charge is 0.480 e. The minimum atomic E-state index is -0.650. The van der Waals surface area contributed by atoms with Crippen molar-refractivity contribution in [3.63, 3.8) is 0 Å². The highest BCUT2D eigenvalue weighted by Crippen LogP contribution is 2.54. The van der Waals surface area contributed by atoms with E-state index in [1.165, 1.54) is 19.3 Å². The molecule has 3 nitrogen and oxygen atoms in total. The number of hydrogen-bond acceptors (Lipinski definition) is 2. The van der Waals surface area contributed by atoms with Crippen LogP contribution in [0, 0.1) is 5.41 Å². The maximum atomic E-state index is 10.8. The van der Waals surface area contributed by atoms with Gasteiger partial charge in [0.25, 0.3) is 0 Å². The zero-order valence-electron chi connectivity index (χ0n) is 7.42. The first kappa shape index (κ1) is 8.05. The molecule has 0 aromatic rings. The van der Waals surface area contributed by atoms with E-state index in [2.05, 4.69) is 0 Å². The van der Waals surface area contributed by atoms with Crippen LogP contribution in [0.1, 0.15) is 25.7 Å². The Hall–Kier alpha value is -0.570. The maximum Gasteiger partial charge on any atom is 0.320 e. The summed E-state index contributed by atoms with van der Waals surface area (Å²) in [5.74, 6) is -0.650. The molecule has 1 atom stereocenters. The Bertz CT molecular complexity index is 211. The summed E-state index contributed by atoms with van der Waals surface area (Å²) in [6.45, 7) is 0.955. The zero-order chi connectivity index (χ0) is 8.77. The van der Waals surface area contributed by atoms with E-state index in [0.29, 0.717) is 5.41 Å². The molecule has 1 unspecified atom stereocenters. The summed E-state index contributed by atoms with van der Waals surface area (Å²) in [6, 6.07) is -0.221. The molecule has 2 aliphatic rings. The van der Waals surface area contributed by atoms with E-state index in [0.717, 1.165) is 13.0 Å². The van der Waals surface area contributed by atoms with Crippen molar-refractivity contribution < 1.29 is 9.90 Å². The maximum absolute atomic E-state index is 10.8. The van der Waals surface area contributed by atoms with Gasteiger partial charge in [0.2, 0.25) is 0 Å². The van der Waals surface area contributed by atoms with Crippen molar-refractivity contribution in [2.45, 2.75) is 31.7 Å². The van der Waals surface area contributed by atoms with Crippen molar-refractivity contribution >= 4 is 5.97 Å². The Morgan fingerprint density at radius 1 is 1.50 bits per heavy atom. The summed E-state index contributed by atoms with van der Waals surface area (Å²) in [7, 11) is 1.91. The van der Waals surface area contributed by atoms with Crippen molar-refractivity contribution in [2.75, 3.05) is 13.6 Å². The van der Waals surface area contributed by atoms with Crippen molar-refractivity contribution in [3.05, 3.63) is 0 Å². The quantitative estimate of drug-likeness (QED) is 0.635. The molecule has 2 fully saturated rings. The van der Waals surface area contributed by atoms with Gasteiger partial charge in [-0.15, -0.1) is 0 Å². The monoisotopic (exact) mass is 169 g/mol. The summed E-state index contributed by atoms with van der Waals surface area (Å²) in [6.07, 6.45) is 4.58. The highest BCUT2D eigenvalue weighted by molar-refractivity contribution is 5.73. The fourth-order valence-corrected chi connectivity index (χ4v) is 2.14. The van der Waals surface area contributed by atoms with Crippen LogP contribution in [0.15, 0.2) is 0 Å². The second-order valence-electron chi connectivity index (χ2n) is 4.29. The Morgan fingerprint density at radius 2 is 2.17 bits per heavy atom. The van der Waals surface area contributed by atoms with E-state index in [9.17, 15) is 4.79 Å². The van der Waals surface area contributed by atoms with Gasteiger partial charge in [-0.2, -0.15) is 0 Å². The first-order chi connectivity index (χ1) is 5.63. The molecule has 1 aliphatic heterocycles. The van der Waals surface area contributed by atoms with Gasteiger partial charge in [0.15, 0.2) is 0 Å². The average molecular weight is 169 g/mol. The van der Waals surface area contributed by atoms with Gasteiger partial charge in [0, 0.05) is 0 Å². The first-order valence-corrected chi connectivity index (χ1v) is 4.56. The third-order valence-corrected chi connectivity index (χ3v) is 3.40. The van der Waals surface area contributed by atoms with Gasteiger partial charge in [-0.3, -0.25) is 9.69 Å². The van der Waals surface area contributed by atoms with Gasteiger partial charge >= 0.3 is 5.97 Å². The van der Waals surface area contributed by atoms with E-state index in [1.807, 2.05) is 11.9 Å². The molecule has 1 heterocycles. The topological polar surface area (TPSA) is 40.5 Å². The zero-order valence-corrected chi connectivity index (χ0v) is 7.42. The third-order valence-electron chi connectivity index (χ3n) is 3.40. The molecule has 0 radical (unpaired) electrons. The number of hydrogen-bond donors (Lipinski definition) is 1. The van der Waals surface area contributed by atoms with Crippen LogP contribution in [-0.4, -0.2) is 35.6 Å². The number of aliphatic carboxylic acids is 1. The molecular weight excluding hydrogens is 154 g/mol. The molecule has 0 aromatic heterocycles. The number of likely N-dealkylation sites (tertiary alicyclic amines) is 1. The molecule has 2 rings (SSSR count). The smallest absolute Gasteiger partial charge is 0.320 e. The predicted octanol–water partition coefficient (Wildman–Crippen LogP) is 0.945. The lowest BCUT2D eigenvalue weighted by Gasteiger charge is -2.34. The van der Waals surface area contributed by atoms with Crippen LogP contribution in [0.2, 0.25) is 0 Å². The molecule has 3 heteroatoms. The van der Waals surface area contributed by atoms with Crippen molar-refractivity contribution in [3.8, 4) is 0 Å². The van der Waals surface area contributed by atoms with Crippen molar-refractivity contribution in [2.24, 2.45) is 5.41 Å². The molecule has 0 amide bonds. The van der Waals surface area contributed by atoms with Crippen LogP contribution in [0.5, 0.6) is 0 Å². The van der Waals surface area contributed by atoms with Gasteiger partial charge in [0.05, 0.1) is 0 Å². The summed E-state index contributed by atoms with van der Waals surface area (Å²) in [4.78, 5) is 12.8. The van der Waals surface area contributed by atoms with Crippen LogP contribution >= 0.6 is 0 Å². The average Bonchev–Trinajstić information content (AvgIpc) is 2.76. The van der Waals surface area contributed by atoms with Gasteiger partial charge in [-0.1, -0.05) is 0 Å². The summed E-state index contributed by atoms with van der Waals surface area (Å²) < 4.78 is 0. The van der Waals surface area contributed by atoms with Gasteiger partial charge in [-0.05, 0) is 44.7 Å². The van der Waals surface area contributed by atoms with Crippen LogP contribution in [0.25, 0.3) is 0 Å². The molecule has 1 spiro atoms. The molecule has 0 bridgehead atoms. The van der Waals surface area contributed by atoms with E-state index >= 15 is 0 Å². The van der Waals surface area contributed by atoms with E-state index in [1.54, 1.807) is 0 Å². The summed E-state index contributed by atoms with van der Waals surface area (Å²) >= 11 is 0. The number of carbonyl (C=O) groups is 1. The minimum absolute atomic E-state index is 0.221. The summed E-state index contributed by atoms with van der Waals surface area (Å²) in [5, 5.41) is 8.93. The Balaban J connectivity index is 2.05. The number of rotatable bonds is 1. The van der Waals surface area contributed by atoms with E-state index in [4.69, 9.17) is 5.11 Å². The van der Waals surface area contributed by atoms with Gasteiger partial charge < -0.3 is 5.11 Å². The second kappa shape index (κ2) is 2.46. The number of likely N-dealkylation sites (N-methyl/N-ethyl adjacent to an activating group) is 1. The van der Waals surface area contributed by atoms with Gasteiger partial charge in [0.1, 0.15) is 6.04 Å². The summed E-state index contributed by atoms with van der Waals surface area (Å²) in [5.41, 5.74) is 0.440. The molecule has 1 saturated heterocycles. The minimum Gasteiger partial charge on any atom is -0.480 e. The number of carboxylic acids is 1. The standard InChI is InChI=1S/C9H15NO2/c1-10-5-4-9(2-3-9)6-7(10)8(11)12/h7H,2-6H2,1H3,(H,11,12). The normalized spacial score (nSPS) is 33.6. The molecule has 0 aromatic carbocycles. The predicted molar refractivity (Wildman–Crippen MR) is 45.0 cm³/mol. The molecule has 1 saturated carbocycles. The number of nitrogens with zero attached hydrogens (tertiary/aromatic N) is 1. The molecule has 1 aliphatic carbocycles. The first-order valence-electron chi connectivity index (χ1n) is 4.56. The Labute approximate surface area is 72.4 Å². The third kappa shape index (κ3) is 1.22. The molecule has 12 heavy (non-hydrogen) atoms. The van der Waals surface area contributed by atoms with Crippen LogP contribution in [0.4, 0.5) is 0 Å². The van der Waals surface area contributed by atoms with Crippen LogP contribution in [-0.2, 0) is 4.79 Å².